The molecule has 10 atom stereocenters. The van der Waals surface area contributed by atoms with E-state index in [2.05, 4.69) is 0 Å². The number of aromatic nitrogens is 1. The van der Waals surface area contributed by atoms with Crippen LogP contribution in [0.5, 0.6) is 11.8 Å². The number of ether oxygens (including phenoxy) is 4. The number of carbonyl (C=O) groups excluding carboxylic acids is 2. The van der Waals surface area contributed by atoms with Crippen molar-refractivity contribution in [1.29, 1.82) is 0 Å². The van der Waals surface area contributed by atoms with Gasteiger partial charge >= 0.3 is 5.97 Å². The molecule has 47 heavy (non-hydrogen) atoms. The monoisotopic (exact) mass is 680 g/mol. The van der Waals surface area contributed by atoms with E-state index in [1.165, 1.54) is 24.0 Å². The summed E-state index contributed by atoms with van der Waals surface area (Å²) in [6.45, 7) is 1.06. The zero-order chi connectivity index (χ0) is 34.7. The largest absolute Gasteiger partial charge is 0.492 e. The van der Waals surface area contributed by atoms with Crippen LogP contribution < -0.4 is 4.84 Å². The Labute approximate surface area is 271 Å². The van der Waals surface area contributed by atoms with E-state index in [4.69, 9.17) is 23.8 Å². The first-order valence-electron chi connectivity index (χ1n) is 15.7. The normalized spacial score (nSPS) is 31.1. The van der Waals surface area contributed by atoms with Crippen LogP contribution in [-0.2, 0) is 28.5 Å². The number of hydrogen-bond donors (Lipinski definition) is 9. The van der Waals surface area contributed by atoms with Gasteiger partial charge in [0.05, 0.1) is 25.9 Å². The SMILES string of the molecule is C[C@@H]1O[C@@H](OCCN(CCCO[C@@H]2O[C@H](CO)[C@@H](O)[C@H](O)[C@@H]2O)C(=O)CCCCCCC(=O)On2c(O)ccc2O)[C@@H](O)[C@H](O)[C@@H]1O. The van der Waals surface area contributed by atoms with Crippen LogP contribution in [0, 0.1) is 0 Å². The molecule has 0 aromatic carbocycles. The van der Waals surface area contributed by atoms with Gasteiger partial charge in [-0.3, -0.25) is 4.79 Å². The average molecular weight is 681 g/mol. The van der Waals surface area contributed by atoms with Crippen LogP contribution in [0.1, 0.15) is 51.9 Å². The Morgan fingerprint density at radius 2 is 1.32 bits per heavy atom. The molecule has 3 rings (SSSR count). The number of unbranched alkanes of at least 4 members (excludes halogenated alkanes) is 3. The Morgan fingerprint density at radius 3 is 1.96 bits per heavy atom. The molecule has 0 spiro atoms. The molecular formula is C29H48N2O16. The van der Waals surface area contributed by atoms with Gasteiger partial charge in [0, 0.05) is 38.1 Å². The van der Waals surface area contributed by atoms with E-state index in [-0.39, 0.29) is 51.5 Å². The van der Waals surface area contributed by atoms with E-state index in [0.29, 0.717) is 30.4 Å². The molecule has 270 valence electrons. The summed E-state index contributed by atoms with van der Waals surface area (Å²) in [6.07, 6.45) is -10.8. The minimum absolute atomic E-state index is 0.0198. The molecule has 2 aliphatic rings. The summed E-state index contributed by atoms with van der Waals surface area (Å²) in [6, 6.07) is 2.34. The molecule has 2 saturated heterocycles. The third-order valence-electron chi connectivity index (χ3n) is 8.02. The maximum absolute atomic E-state index is 13.1. The standard InChI is InChI=1S/C29H48N2O16/c1-16-22(37)24(39)26(41)28(45-16)44-14-12-30(11-6-13-43-29-27(42)25(40)23(38)17(15-32)46-29)18(33)7-4-2-3-5-8-21(36)47-31-19(34)9-10-20(31)35/h9-10,16-17,22-29,32,34-35,37-42H,2-8,11-15H2,1H3/t16-,17+,22+,23+,24+,25-,26-,27-,28+,29+/m0/s1. The summed E-state index contributed by atoms with van der Waals surface area (Å²) in [7, 11) is 0. The van der Waals surface area contributed by atoms with Crippen molar-refractivity contribution in [2.45, 2.75) is 113 Å². The fourth-order valence-electron chi connectivity index (χ4n) is 5.15. The van der Waals surface area contributed by atoms with Crippen LogP contribution >= 0.6 is 0 Å². The number of carbonyl (C=O) groups is 2. The predicted octanol–water partition coefficient (Wildman–Crippen LogP) is -2.93. The van der Waals surface area contributed by atoms with E-state index >= 15 is 0 Å². The van der Waals surface area contributed by atoms with Gasteiger partial charge in [-0.25, -0.2) is 4.79 Å². The molecule has 3 heterocycles. The van der Waals surface area contributed by atoms with Gasteiger partial charge in [0.15, 0.2) is 12.6 Å². The second-order valence-electron chi connectivity index (χ2n) is 11.6. The second kappa shape index (κ2) is 18.8. The molecular weight excluding hydrogens is 632 g/mol. The highest BCUT2D eigenvalue weighted by molar-refractivity contribution is 5.76. The molecule has 18 nitrogen and oxygen atoms in total. The summed E-state index contributed by atoms with van der Waals surface area (Å²) in [5, 5.41) is 88.6. The molecule has 1 aromatic heterocycles. The van der Waals surface area contributed by atoms with Crippen molar-refractivity contribution in [1.82, 2.24) is 9.63 Å². The number of amides is 1. The van der Waals surface area contributed by atoms with E-state index in [1.54, 1.807) is 0 Å². The van der Waals surface area contributed by atoms with E-state index in [1.807, 2.05) is 0 Å². The van der Waals surface area contributed by atoms with Crippen LogP contribution in [-0.4, -0.2) is 162 Å². The third kappa shape index (κ3) is 10.9. The van der Waals surface area contributed by atoms with Crippen molar-refractivity contribution in [2.24, 2.45) is 0 Å². The molecule has 0 bridgehead atoms. The first-order valence-corrected chi connectivity index (χ1v) is 15.7. The Bertz CT molecular complexity index is 1080. The van der Waals surface area contributed by atoms with Crippen molar-refractivity contribution in [3.63, 3.8) is 0 Å². The van der Waals surface area contributed by atoms with Gasteiger partial charge in [-0.1, -0.05) is 12.8 Å². The number of rotatable bonds is 18. The third-order valence-corrected chi connectivity index (χ3v) is 8.02. The maximum atomic E-state index is 13.1. The summed E-state index contributed by atoms with van der Waals surface area (Å²) in [4.78, 5) is 31.5. The van der Waals surface area contributed by atoms with Gasteiger partial charge in [0.25, 0.3) is 0 Å². The molecule has 0 aliphatic carbocycles. The second-order valence-corrected chi connectivity index (χ2v) is 11.6. The highest BCUT2D eigenvalue weighted by Gasteiger charge is 2.44. The summed E-state index contributed by atoms with van der Waals surface area (Å²) in [5.74, 6) is -1.71. The van der Waals surface area contributed by atoms with Crippen molar-refractivity contribution in [3.05, 3.63) is 12.1 Å². The van der Waals surface area contributed by atoms with Crippen LogP contribution in [0.2, 0.25) is 0 Å². The number of aliphatic hydroxyl groups is 7. The lowest BCUT2D eigenvalue weighted by Crippen LogP contribution is -2.59. The number of nitrogens with zero attached hydrogens (tertiary/aromatic N) is 2. The zero-order valence-electron chi connectivity index (χ0n) is 26.2. The molecule has 0 unspecified atom stereocenters. The first kappa shape index (κ1) is 38.8. The Morgan fingerprint density at radius 1 is 0.745 bits per heavy atom. The van der Waals surface area contributed by atoms with E-state index in [9.17, 15) is 55.5 Å². The zero-order valence-corrected chi connectivity index (χ0v) is 26.2. The Balaban J connectivity index is 1.44. The molecule has 2 aliphatic heterocycles. The molecule has 1 amide bonds. The lowest BCUT2D eigenvalue weighted by molar-refractivity contribution is -0.301. The minimum Gasteiger partial charge on any atom is -0.492 e. The number of hydrogen-bond acceptors (Lipinski definition) is 16. The summed E-state index contributed by atoms with van der Waals surface area (Å²) < 4.78 is 22.5. The topological polar surface area (TPSA) is 271 Å². The van der Waals surface area contributed by atoms with E-state index < -0.39 is 85.7 Å². The molecule has 9 N–H and O–H groups in total. The molecule has 0 saturated carbocycles. The molecule has 2 fully saturated rings. The number of aromatic hydroxyl groups is 2. The van der Waals surface area contributed by atoms with Crippen LogP contribution in [0.25, 0.3) is 0 Å². The van der Waals surface area contributed by atoms with Gasteiger partial charge in [-0.05, 0) is 26.2 Å². The van der Waals surface area contributed by atoms with Crippen molar-refractivity contribution >= 4 is 11.9 Å². The lowest BCUT2D eigenvalue weighted by Gasteiger charge is -2.39. The quantitative estimate of drug-likeness (QED) is 0.0703. The van der Waals surface area contributed by atoms with E-state index in [0.717, 1.165) is 0 Å². The van der Waals surface area contributed by atoms with Gasteiger partial charge in [0.2, 0.25) is 17.7 Å². The molecule has 0 radical (unpaired) electrons. The molecule has 18 heteroatoms. The van der Waals surface area contributed by atoms with Crippen molar-refractivity contribution in [3.8, 4) is 11.8 Å². The smallest absolute Gasteiger partial charge is 0.333 e. The average Bonchev–Trinajstić information content (AvgIpc) is 3.36. The highest BCUT2D eigenvalue weighted by atomic mass is 16.7. The van der Waals surface area contributed by atoms with Crippen molar-refractivity contribution < 1.29 is 79.3 Å². The summed E-state index contributed by atoms with van der Waals surface area (Å²) >= 11 is 0. The fraction of sp³-hybridized carbons (Fsp3) is 0.793. The number of aliphatic hydroxyl groups excluding tert-OH is 7. The first-order chi connectivity index (χ1) is 22.3. The highest BCUT2D eigenvalue weighted by Crippen LogP contribution is 2.24. The van der Waals surface area contributed by atoms with Crippen molar-refractivity contribution in [2.75, 3.05) is 32.9 Å². The molecule has 1 aromatic rings. The summed E-state index contributed by atoms with van der Waals surface area (Å²) in [5.41, 5.74) is 0. The van der Waals surface area contributed by atoms with Gasteiger partial charge in [-0.2, -0.15) is 0 Å². The lowest BCUT2D eigenvalue weighted by atomic mass is 9.99. The van der Waals surface area contributed by atoms with Crippen LogP contribution in [0.3, 0.4) is 0 Å². The van der Waals surface area contributed by atoms with Crippen LogP contribution in [0.4, 0.5) is 0 Å². The Kier molecular flexibility index (Phi) is 15.5. The predicted molar refractivity (Wildman–Crippen MR) is 156 cm³/mol. The van der Waals surface area contributed by atoms with Gasteiger partial charge in [0.1, 0.15) is 42.7 Å². The Hall–Kier alpha value is -2.62. The van der Waals surface area contributed by atoms with Gasteiger partial charge in [-0.15, -0.1) is 4.73 Å². The maximum Gasteiger partial charge on any atom is 0.333 e. The fourth-order valence-corrected chi connectivity index (χ4v) is 5.15. The minimum atomic E-state index is -1.59. The van der Waals surface area contributed by atoms with Crippen LogP contribution in [0.15, 0.2) is 12.1 Å². The van der Waals surface area contributed by atoms with Gasteiger partial charge < -0.3 is 74.6 Å².